The fourth-order valence-corrected chi connectivity index (χ4v) is 2.58. The molecule has 0 saturated carbocycles. The van der Waals surface area contributed by atoms with E-state index < -0.39 is 0 Å². The number of nitrogens with zero attached hydrogens (tertiary/aromatic N) is 1. The number of hydrogen-bond acceptors (Lipinski definition) is 3. The maximum atomic E-state index is 12.7. The molecular formula is C19H18N2O3. The minimum absolute atomic E-state index is 0.170. The molecule has 3 aromatic rings. The van der Waals surface area contributed by atoms with Crippen molar-refractivity contribution in [1.82, 2.24) is 9.78 Å². The first kappa shape index (κ1) is 15.7. The lowest BCUT2D eigenvalue weighted by molar-refractivity contribution is 0.354. The van der Waals surface area contributed by atoms with Gasteiger partial charge in [-0.25, -0.2) is 4.68 Å². The summed E-state index contributed by atoms with van der Waals surface area (Å²) in [5.41, 5.74) is 1.33. The minimum Gasteiger partial charge on any atom is -0.493 e. The third kappa shape index (κ3) is 2.72. The molecule has 0 radical (unpaired) electrons. The molecule has 0 amide bonds. The van der Waals surface area contributed by atoms with E-state index in [0.29, 0.717) is 22.1 Å². The van der Waals surface area contributed by atoms with Crippen molar-refractivity contribution in [2.75, 3.05) is 14.2 Å². The smallest absolute Gasteiger partial charge is 0.279 e. The molecule has 0 aliphatic heterocycles. The number of para-hydroxylation sites is 2. The molecule has 0 saturated heterocycles. The first-order valence-electron chi connectivity index (χ1n) is 7.44. The van der Waals surface area contributed by atoms with Gasteiger partial charge in [-0.1, -0.05) is 36.9 Å². The summed E-state index contributed by atoms with van der Waals surface area (Å²) in [5.74, 6) is 1.18. The van der Waals surface area contributed by atoms with Gasteiger partial charge in [0.2, 0.25) is 0 Å². The maximum absolute atomic E-state index is 12.7. The summed E-state index contributed by atoms with van der Waals surface area (Å²) in [5, 5.41) is 4.02. The Morgan fingerprint density at radius 3 is 2.46 bits per heavy atom. The molecule has 1 N–H and O–H groups in total. The van der Waals surface area contributed by atoms with Gasteiger partial charge >= 0.3 is 0 Å². The molecular weight excluding hydrogens is 304 g/mol. The molecule has 0 spiro atoms. The van der Waals surface area contributed by atoms with Crippen LogP contribution in [0.5, 0.6) is 11.5 Å². The van der Waals surface area contributed by atoms with Crippen LogP contribution >= 0.6 is 0 Å². The summed E-state index contributed by atoms with van der Waals surface area (Å²) in [6, 6.07) is 14.9. The number of aromatic nitrogens is 2. The summed E-state index contributed by atoms with van der Waals surface area (Å²) in [6.45, 7) is 3.94. The summed E-state index contributed by atoms with van der Waals surface area (Å²) < 4.78 is 12.2. The summed E-state index contributed by atoms with van der Waals surface area (Å²) in [7, 11) is 3.15. The van der Waals surface area contributed by atoms with Gasteiger partial charge in [-0.3, -0.25) is 9.89 Å². The van der Waals surface area contributed by atoms with Crippen LogP contribution in [0.1, 0.15) is 5.56 Å². The second-order valence-electron chi connectivity index (χ2n) is 5.21. The Morgan fingerprint density at radius 2 is 1.79 bits per heavy atom. The van der Waals surface area contributed by atoms with E-state index in [2.05, 4.69) is 11.7 Å². The molecule has 5 nitrogen and oxygen atoms in total. The lowest BCUT2D eigenvalue weighted by Crippen LogP contribution is -2.34. The van der Waals surface area contributed by atoms with Crippen LogP contribution in [0.15, 0.2) is 53.3 Å². The molecule has 0 bridgehead atoms. The van der Waals surface area contributed by atoms with Crippen molar-refractivity contribution in [3.63, 3.8) is 0 Å². The molecule has 0 aliphatic rings. The van der Waals surface area contributed by atoms with Crippen LogP contribution in [0.3, 0.4) is 0 Å². The lowest BCUT2D eigenvalue weighted by atomic mass is 10.1. The van der Waals surface area contributed by atoms with Gasteiger partial charge in [0, 0.05) is 5.56 Å². The number of methoxy groups -OCH3 is 2. The molecule has 2 aromatic carbocycles. The highest BCUT2D eigenvalue weighted by Gasteiger charge is 2.09. The van der Waals surface area contributed by atoms with Crippen molar-refractivity contribution in [2.45, 2.75) is 0 Å². The highest BCUT2D eigenvalue weighted by molar-refractivity contribution is 5.62. The Hall–Kier alpha value is -3.21. The zero-order chi connectivity index (χ0) is 17.1. The van der Waals surface area contributed by atoms with Gasteiger partial charge in [-0.15, -0.1) is 0 Å². The van der Waals surface area contributed by atoms with E-state index in [1.54, 1.807) is 26.4 Å². The Kier molecular flexibility index (Phi) is 4.24. The van der Waals surface area contributed by atoms with Crippen molar-refractivity contribution in [3.8, 4) is 17.2 Å². The number of H-pyrrole nitrogens is 1. The molecule has 5 heteroatoms. The number of benzene rings is 2. The highest BCUT2D eigenvalue weighted by Crippen LogP contribution is 2.30. The largest absolute Gasteiger partial charge is 0.493 e. The zero-order valence-electron chi connectivity index (χ0n) is 13.6. The lowest BCUT2D eigenvalue weighted by Gasteiger charge is -2.09. The van der Waals surface area contributed by atoms with Crippen molar-refractivity contribution in [3.05, 3.63) is 75.0 Å². The molecule has 0 atom stereocenters. The van der Waals surface area contributed by atoms with E-state index >= 15 is 0 Å². The Bertz CT molecular complexity index is 1020. The van der Waals surface area contributed by atoms with Crippen LogP contribution in [0.2, 0.25) is 0 Å². The van der Waals surface area contributed by atoms with Gasteiger partial charge in [-0.05, 0) is 24.3 Å². The number of nitrogens with one attached hydrogen (secondary N) is 1. The summed E-state index contributed by atoms with van der Waals surface area (Å²) in [6.07, 6.45) is 1.75. The molecule has 122 valence electrons. The average Bonchev–Trinajstić information content (AvgIpc) is 2.90. The van der Waals surface area contributed by atoms with Crippen LogP contribution in [0.4, 0.5) is 0 Å². The van der Waals surface area contributed by atoms with E-state index in [9.17, 15) is 4.79 Å². The van der Waals surface area contributed by atoms with Crippen molar-refractivity contribution in [1.29, 1.82) is 0 Å². The Morgan fingerprint density at radius 1 is 1.04 bits per heavy atom. The van der Waals surface area contributed by atoms with Crippen molar-refractivity contribution >= 4 is 12.7 Å². The first-order valence-corrected chi connectivity index (χ1v) is 7.44. The molecule has 0 aliphatic carbocycles. The van der Waals surface area contributed by atoms with Gasteiger partial charge in [0.05, 0.1) is 30.5 Å². The first-order chi connectivity index (χ1) is 11.7. The van der Waals surface area contributed by atoms with E-state index in [-0.39, 0.29) is 5.56 Å². The highest BCUT2D eigenvalue weighted by atomic mass is 16.5. The second-order valence-corrected chi connectivity index (χ2v) is 5.21. The molecule has 1 heterocycles. The summed E-state index contributed by atoms with van der Waals surface area (Å²) >= 11 is 0. The topological polar surface area (TPSA) is 56.2 Å². The third-order valence-electron chi connectivity index (χ3n) is 3.75. The zero-order valence-corrected chi connectivity index (χ0v) is 13.6. The quantitative estimate of drug-likeness (QED) is 0.790. The van der Waals surface area contributed by atoms with E-state index in [4.69, 9.17) is 9.47 Å². The van der Waals surface area contributed by atoms with E-state index in [0.717, 1.165) is 11.3 Å². The summed E-state index contributed by atoms with van der Waals surface area (Å²) in [4.78, 5) is 12.7. The monoisotopic (exact) mass is 322 g/mol. The molecule has 0 fully saturated rings. The SMILES string of the molecule is C=c1[nH]n(-c2ccccc2)c(=O)c1=Cc1cccc(OC)c1OC. The van der Waals surface area contributed by atoms with Crippen LogP contribution in [0.25, 0.3) is 18.3 Å². The minimum atomic E-state index is -0.170. The van der Waals surface area contributed by atoms with E-state index in [1.807, 2.05) is 42.5 Å². The van der Waals surface area contributed by atoms with Crippen LogP contribution < -0.4 is 25.6 Å². The van der Waals surface area contributed by atoms with Crippen LogP contribution in [-0.4, -0.2) is 24.0 Å². The molecule has 1 aromatic heterocycles. The molecule has 3 rings (SSSR count). The number of hydrogen-bond donors (Lipinski definition) is 1. The third-order valence-corrected chi connectivity index (χ3v) is 3.75. The standard InChI is InChI=1S/C19H18N2O3/c1-13-16(12-14-8-7-11-17(23-2)18(14)24-3)19(22)21(20-13)15-9-5-4-6-10-15/h4-12,20H,1H2,2-3H3. The predicted molar refractivity (Wildman–Crippen MR) is 94.3 cm³/mol. The van der Waals surface area contributed by atoms with Gasteiger partial charge in [0.25, 0.3) is 5.56 Å². The molecule has 0 unspecified atom stereocenters. The van der Waals surface area contributed by atoms with Crippen molar-refractivity contribution in [2.24, 2.45) is 0 Å². The Balaban J connectivity index is 2.22. The second kappa shape index (κ2) is 6.50. The maximum Gasteiger partial charge on any atom is 0.279 e. The van der Waals surface area contributed by atoms with Gasteiger partial charge < -0.3 is 9.47 Å². The van der Waals surface area contributed by atoms with Gasteiger partial charge in [-0.2, -0.15) is 0 Å². The fraction of sp³-hybridized carbons (Fsp3) is 0.105. The number of ether oxygens (including phenoxy) is 2. The molecule has 24 heavy (non-hydrogen) atoms. The fourth-order valence-electron chi connectivity index (χ4n) is 2.58. The van der Waals surface area contributed by atoms with Gasteiger partial charge in [0.1, 0.15) is 0 Å². The predicted octanol–water partition coefficient (Wildman–Crippen LogP) is 1.42. The van der Waals surface area contributed by atoms with Gasteiger partial charge in [0.15, 0.2) is 11.5 Å². The van der Waals surface area contributed by atoms with Crippen LogP contribution in [0, 0.1) is 0 Å². The Labute approximate surface area is 139 Å². The van der Waals surface area contributed by atoms with E-state index in [1.165, 1.54) is 4.68 Å². The van der Waals surface area contributed by atoms with Crippen molar-refractivity contribution < 1.29 is 9.47 Å². The number of aromatic amines is 1. The van der Waals surface area contributed by atoms with Crippen LogP contribution in [-0.2, 0) is 0 Å². The average molecular weight is 322 g/mol. The normalized spacial score (nSPS) is 11.5. The number of rotatable bonds is 4.